The first-order chi connectivity index (χ1) is 13.1. The third kappa shape index (κ3) is 7.37. The molecule has 8 heteroatoms. The summed E-state index contributed by atoms with van der Waals surface area (Å²) in [5.41, 5.74) is 2.41. The number of benzene rings is 1. The second-order valence-electron chi connectivity index (χ2n) is 6.67. The summed E-state index contributed by atoms with van der Waals surface area (Å²) in [6.45, 7) is 6.50. The third-order valence-electron chi connectivity index (χ3n) is 4.71. The lowest BCUT2D eigenvalue weighted by Crippen LogP contribution is -2.50. The van der Waals surface area contributed by atoms with Crippen LogP contribution in [0.15, 0.2) is 23.2 Å². The molecule has 0 aliphatic carbocycles. The molecule has 0 bridgehead atoms. The molecule has 158 valence electrons. The van der Waals surface area contributed by atoms with Gasteiger partial charge in [0, 0.05) is 32.7 Å². The van der Waals surface area contributed by atoms with Crippen LogP contribution in [0.5, 0.6) is 5.75 Å². The van der Waals surface area contributed by atoms with Crippen LogP contribution in [0.25, 0.3) is 0 Å². The molecule has 2 N–H and O–H groups in total. The summed E-state index contributed by atoms with van der Waals surface area (Å²) in [5.74, 6) is 1.70. The summed E-state index contributed by atoms with van der Waals surface area (Å²) in [4.78, 5) is 17.9. The van der Waals surface area contributed by atoms with Gasteiger partial charge in [0.05, 0.1) is 13.7 Å². The SMILES string of the molecule is CCOC(=O)N1CCC(NC(=NC)NCCc2cc(C)ccc2OC)CC1.I. The number of methoxy groups -OCH3 is 1. The lowest BCUT2D eigenvalue weighted by atomic mass is 10.1. The molecule has 1 aliphatic heterocycles. The Kier molecular flexibility index (Phi) is 11.0. The minimum atomic E-state index is -0.217. The summed E-state index contributed by atoms with van der Waals surface area (Å²) in [6, 6.07) is 6.52. The smallest absolute Gasteiger partial charge is 0.409 e. The summed E-state index contributed by atoms with van der Waals surface area (Å²) in [5, 5.41) is 6.82. The molecule has 2 rings (SSSR count). The molecular weight excluding hydrogens is 471 g/mol. The number of aliphatic imine (C=N–C) groups is 1. The predicted molar refractivity (Wildman–Crippen MR) is 123 cm³/mol. The quantitative estimate of drug-likeness (QED) is 0.354. The minimum absolute atomic E-state index is 0. The van der Waals surface area contributed by atoms with Gasteiger partial charge in [-0.15, -0.1) is 24.0 Å². The maximum Gasteiger partial charge on any atom is 0.409 e. The van der Waals surface area contributed by atoms with E-state index in [0.717, 1.165) is 37.5 Å². The van der Waals surface area contributed by atoms with Crippen LogP contribution in [0.4, 0.5) is 4.79 Å². The Morgan fingerprint density at radius 2 is 2.04 bits per heavy atom. The van der Waals surface area contributed by atoms with Crippen LogP contribution in [-0.4, -0.2) is 63.4 Å². The number of piperidine rings is 1. The highest BCUT2D eigenvalue weighted by molar-refractivity contribution is 14.0. The zero-order valence-corrected chi connectivity index (χ0v) is 19.6. The van der Waals surface area contributed by atoms with Gasteiger partial charge in [-0.2, -0.15) is 0 Å². The highest BCUT2D eigenvalue weighted by Crippen LogP contribution is 2.19. The molecule has 1 aromatic rings. The fourth-order valence-corrected chi connectivity index (χ4v) is 3.23. The van der Waals surface area contributed by atoms with Gasteiger partial charge < -0.3 is 25.0 Å². The van der Waals surface area contributed by atoms with E-state index < -0.39 is 0 Å². The van der Waals surface area contributed by atoms with E-state index in [-0.39, 0.29) is 30.1 Å². The number of hydrogen-bond donors (Lipinski definition) is 2. The highest BCUT2D eigenvalue weighted by atomic mass is 127. The number of rotatable bonds is 6. The van der Waals surface area contributed by atoms with E-state index in [2.05, 4.69) is 34.7 Å². The number of aryl methyl sites for hydroxylation is 1. The van der Waals surface area contributed by atoms with Crippen molar-refractivity contribution in [2.75, 3.05) is 40.4 Å². The normalized spacial score (nSPS) is 14.9. The van der Waals surface area contributed by atoms with Crippen molar-refractivity contribution in [1.82, 2.24) is 15.5 Å². The molecule has 1 aromatic carbocycles. The first kappa shape index (κ1) is 24.3. The van der Waals surface area contributed by atoms with Crippen molar-refractivity contribution >= 4 is 36.0 Å². The van der Waals surface area contributed by atoms with Crippen molar-refractivity contribution in [3.8, 4) is 5.75 Å². The largest absolute Gasteiger partial charge is 0.496 e. The molecule has 28 heavy (non-hydrogen) atoms. The number of carbonyl (C=O) groups is 1. The van der Waals surface area contributed by atoms with Crippen LogP contribution >= 0.6 is 24.0 Å². The first-order valence-electron chi connectivity index (χ1n) is 9.59. The number of carbonyl (C=O) groups excluding carboxylic acids is 1. The number of amides is 1. The zero-order valence-electron chi connectivity index (χ0n) is 17.3. The molecular formula is C20H33IN4O3. The van der Waals surface area contributed by atoms with Crippen molar-refractivity contribution in [2.45, 2.75) is 39.2 Å². The van der Waals surface area contributed by atoms with Crippen LogP contribution in [0, 0.1) is 6.92 Å². The zero-order chi connectivity index (χ0) is 19.6. The Morgan fingerprint density at radius 3 is 2.64 bits per heavy atom. The Balaban J connectivity index is 0.00000392. The van der Waals surface area contributed by atoms with Crippen molar-refractivity contribution in [2.24, 2.45) is 4.99 Å². The molecule has 1 amide bonds. The molecule has 0 saturated carbocycles. The summed E-state index contributed by atoms with van der Waals surface area (Å²) in [7, 11) is 3.47. The lowest BCUT2D eigenvalue weighted by Gasteiger charge is -2.32. The second kappa shape index (κ2) is 12.7. The number of likely N-dealkylation sites (tertiary alicyclic amines) is 1. The maximum atomic E-state index is 11.8. The Hall–Kier alpha value is -1.71. The molecule has 0 radical (unpaired) electrons. The van der Waals surface area contributed by atoms with Gasteiger partial charge in [-0.3, -0.25) is 4.99 Å². The first-order valence-corrected chi connectivity index (χ1v) is 9.59. The number of nitrogens with zero attached hydrogens (tertiary/aromatic N) is 2. The van der Waals surface area contributed by atoms with Crippen LogP contribution in [0.1, 0.15) is 30.9 Å². The number of nitrogens with one attached hydrogen (secondary N) is 2. The predicted octanol–water partition coefficient (Wildman–Crippen LogP) is 2.95. The fraction of sp³-hybridized carbons (Fsp3) is 0.600. The van der Waals surface area contributed by atoms with Crippen molar-refractivity contribution < 1.29 is 14.3 Å². The van der Waals surface area contributed by atoms with Crippen LogP contribution < -0.4 is 15.4 Å². The van der Waals surface area contributed by atoms with Crippen LogP contribution in [-0.2, 0) is 11.2 Å². The van der Waals surface area contributed by atoms with Gasteiger partial charge in [-0.1, -0.05) is 17.7 Å². The molecule has 1 aliphatic rings. The average Bonchev–Trinajstić information content (AvgIpc) is 2.68. The minimum Gasteiger partial charge on any atom is -0.496 e. The van der Waals surface area contributed by atoms with Crippen molar-refractivity contribution in [3.05, 3.63) is 29.3 Å². The van der Waals surface area contributed by atoms with Gasteiger partial charge in [-0.25, -0.2) is 4.79 Å². The van der Waals surface area contributed by atoms with Crippen molar-refractivity contribution in [3.63, 3.8) is 0 Å². The van der Waals surface area contributed by atoms with Gasteiger partial charge in [0.25, 0.3) is 0 Å². The van der Waals surface area contributed by atoms with Crippen LogP contribution in [0.2, 0.25) is 0 Å². The molecule has 1 saturated heterocycles. The van der Waals surface area contributed by atoms with E-state index in [1.165, 1.54) is 11.1 Å². The number of guanidine groups is 1. The third-order valence-corrected chi connectivity index (χ3v) is 4.71. The van der Waals surface area contributed by atoms with E-state index in [4.69, 9.17) is 9.47 Å². The summed E-state index contributed by atoms with van der Waals surface area (Å²) in [6.07, 6.45) is 2.40. The molecule has 0 spiro atoms. The standard InChI is InChI=1S/C20H32N4O3.HI/c1-5-27-20(25)24-12-9-17(10-13-24)23-19(21-3)22-11-8-16-14-15(2)6-7-18(16)26-4;/h6-7,14,17H,5,8-13H2,1-4H3,(H2,21,22,23);1H. The molecule has 0 atom stereocenters. The van der Waals surface area contributed by atoms with Crippen molar-refractivity contribution in [1.29, 1.82) is 0 Å². The van der Waals surface area contributed by atoms with E-state index in [1.807, 2.05) is 13.0 Å². The number of hydrogen-bond acceptors (Lipinski definition) is 4. The monoisotopic (exact) mass is 504 g/mol. The number of ether oxygens (including phenoxy) is 2. The Bertz CT molecular complexity index is 646. The number of halogens is 1. The second-order valence-corrected chi connectivity index (χ2v) is 6.67. The molecule has 0 aromatic heterocycles. The average molecular weight is 504 g/mol. The van der Waals surface area contributed by atoms with Crippen LogP contribution in [0.3, 0.4) is 0 Å². The van der Waals surface area contributed by atoms with E-state index in [0.29, 0.717) is 25.7 Å². The Morgan fingerprint density at radius 1 is 1.32 bits per heavy atom. The molecule has 1 heterocycles. The van der Waals surface area contributed by atoms with Gasteiger partial charge in [0.1, 0.15) is 5.75 Å². The van der Waals surface area contributed by atoms with Gasteiger partial charge in [0.2, 0.25) is 0 Å². The van der Waals surface area contributed by atoms with E-state index >= 15 is 0 Å². The van der Waals surface area contributed by atoms with Gasteiger partial charge in [-0.05, 0) is 44.7 Å². The highest BCUT2D eigenvalue weighted by Gasteiger charge is 2.23. The molecule has 1 fully saturated rings. The van der Waals surface area contributed by atoms with E-state index in [1.54, 1.807) is 19.1 Å². The van der Waals surface area contributed by atoms with Gasteiger partial charge in [0.15, 0.2) is 5.96 Å². The molecule has 7 nitrogen and oxygen atoms in total. The van der Waals surface area contributed by atoms with E-state index in [9.17, 15) is 4.79 Å². The maximum absolute atomic E-state index is 11.8. The van der Waals surface area contributed by atoms with Gasteiger partial charge >= 0.3 is 6.09 Å². The molecule has 0 unspecified atom stereocenters. The lowest BCUT2D eigenvalue weighted by molar-refractivity contribution is 0.0963. The summed E-state index contributed by atoms with van der Waals surface area (Å²) < 4.78 is 10.5. The topological polar surface area (TPSA) is 75.2 Å². The Labute approximate surface area is 185 Å². The fourth-order valence-electron chi connectivity index (χ4n) is 3.23. The summed E-state index contributed by atoms with van der Waals surface area (Å²) >= 11 is 0.